The molecule has 1 aromatic heterocycles. The van der Waals surface area contributed by atoms with Gasteiger partial charge in [0.2, 0.25) is 5.95 Å². The second kappa shape index (κ2) is 8.24. The molecule has 2 N–H and O–H groups in total. The summed E-state index contributed by atoms with van der Waals surface area (Å²) in [7, 11) is 3.82. The fourth-order valence-corrected chi connectivity index (χ4v) is 3.27. The average Bonchev–Trinajstić information content (AvgIpc) is 2.65. The Morgan fingerprint density at radius 3 is 2.44 bits per heavy atom. The molecule has 7 heteroatoms. The number of urea groups is 1. The molecule has 0 spiro atoms. The monoisotopic (exact) mass is 368 g/mol. The summed E-state index contributed by atoms with van der Waals surface area (Å²) in [5, 5.41) is 5.77. The number of amides is 2. The summed E-state index contributed by atoms with van der Waals surface area (Å²) in [4.78, 5) is 25.7. The molecule has 27 heavy (non-hydrogen) atoms. The molecule has 0 radical (unpaired) electrons. The van der Waals surface area contributed by atoms with Gasteiger partial charge in [0, 0.05) is 32.9 Å². The summed E-state index contributed by atoms with van der Waals surface area (Å²) in [5.41, 5.74) is 3.56. The Morgan fingerprint density at radius 2 is 1.78 bits per heavy atom. The van der Waals surface area contributed by atoms with E-state index in [-0.39, 0.29) is 6.03 Å². The van der Waals surface area contributed by atoms with Crippen molar-refractivity contribution in [1.82, 2.24) is 9.97 Å². The van der Waals surface area contributed by atoms with Crippen LogP contribution < -0.4 is 20.4 Å². The smallest absolute Gasteiger partial charge is 0.323 e. The van der Waals surface area contributed by atoms with E-state index in [2.05, 4.69) is 25.5 Å². The predicted molar refractivity (Wildman–Crippen MR) is 111 cm³/mol. The number of anilines is 4. The minimum Gasteiger partial charge on any atom is -0.361 e. The van der Waals surface area contributed by atoms with E-state index in [0.29, 0.717) is 11.5 Å². The number of aromatic nitrogens is 2. The first-order chi connectivity index (χ1) is 12.9. The number of aryl methyl sites for hydroxylation is 2. The first-order valence-electron chi connectivity index (χ1n) is 9.38. The standard InChI is InChI=1S/C20H28N6O/c1-14-8-9-16(15(2)12-14)22-20(27)23-17-13-21-19(24-18(17)25(3)4)26-10-6-5-7-11-26/h8-9,12-13H,5-7,10-11H2,1-4H3,(H2,22,23,27). The summed E-state index contributed by atoms with van der Waals surface area (Å²) >= 11 is 0. The first-order valence-corrected chi connectivity index (χ1v) is 9.38. The van der Waals surface area contributed by atoms with Crippen molar-refractivity contribution in [3.63, 3.8) is 0 Å². The van der Waals surface area contributed by atoms with Gasteiger partial charge in [0.05, 0.1) is 6.20 Å². The Morgan fingerprint density at radius 1 is 1.07 bits per heavy atom. The van der Waals surface area contributed by atoms with Gasteiger partial charge in [-0.1, -0.05) is 17.7 Å². The molecule has 2 heterocycles. The van der Waals surface area contributed by atoms with Crippen LogP contribution in [0, 0.1) is 13.8 Å². The van der Waals surface area contributed by atoms with Crippen LogP contribution >= 0.6 is 0 Å². The second-order valence-corrected chi connectivity index (χ2v) is 7.25. The lowest BCUT2D eigenvalue weighted by Crippen LogP contribution is -2.31. The molecule has 0 unspecified atom stereocenters. The Balaban J connectivity index is 1.75. The number of rotatable bonds is 4. The molecule has 0 atom stereocenters. The van der Waals surface area contributed by atoms with Crippen LogP contribution in [0.15, 0.2) is 24.4 Å². The maximum Gasteiger partial charge on any atom is 0.323 e. The molecular weight excluding hydrogens is 340 g/mol. The summed E-state index contributed by atoms with van der Waals surface area (Å²) in [6, 6.07) is 5.62. The van der Waals surface area contributed by atoms with Gasteiger partial charge in [0.1, 0.15) is 5.69 Å². The third-order valence-electron chi connectivity index (χ3n) is 4.70. The molecule has 144 valence electrons. The zero-order valence-electron chi connectivity index (χ0n) is 16.5. The van der Waals surface area contributed by atoms with E-state index in [0.717, 1.165) is 35.9 Å². The maximum absolute atomic E-state index is 12.5. The first kappa shape index (κ1) is 18.9. The van der Waals surface area contributed by atoms with E-state index in [9.17, 15) is 4.79 Å². The lowest BCUT2D eigenvalue weighted by atomic mass is 10.1. The van der Waals surface area contributed by atoms with Crippen LogP contribution in [0.1, 0.15) is 30.4 Å². The second-order valence-electron chi connectivity index (χ2n) is 7.25. The maximum atomic E-state index is 12.5. The topological polar surface area (TPSA) is 73.4 Å². The van der Waals surface area contributed by atoms with E-state index in [1.807, 2.05) is 51.0 Å². The fraction of sp³-hybridized carbons (Fsp3) is 0.450. The summed E-state index contributed by atoms with van der Waals surface area (Å²) in [5.74, 6) is 1.42. The molecule has 7 nitrogen and oxygen atoms in total. The van der Waals surface area contributed by atoms with Crippen LogP contribution in [0.5, 0.6) is 0 Å². The van der Waals surface area contributed by atoms with Crippen molar-refractivity contribution in [3.8, 4) is 0 Å². The van der Waals surface area contributed by atoms with E-state index in [1.54, 1.807) is 6.20 Å². The number of hydrogen-bond donors (Lipinski definition) is 2. The lowest BCUT2D eigenvalue weighted by Gasteiger charge is -2.28. The van der Waals surface area contributed by atoms with Gasteiger partial charge >= 0.3 is 6.03 Å². The highest BCUT2D eigenvalue weighted by atomic mass is 16.2. The third kappa shape index (κ3) is 4.67. The van der Waals surface area contributed by atoms with E-state index < -0.39 is 0 Å². The van der Waals surface area contributed by atoms with E-state index in [4.69, 9.17) is 0 Å². The molecule has 1 fully saturated rings. The van der Waals surface area contributed by atoms with Gasteiger partial charge in [-0.25, -0.2) is 9.78 Å². The van der Waals surface area contributed by atoms with Gasteiger partial charge in [-0.05, 0) is 44.7 Å². The van der Waals surface area contributed by atoms with Crippen LogP contribution in [0.25, 0.3) is 0 Å². The molecule has 2 aromatic rings. The largest absolute Gasteiger partial charge is 0.361 e. The van der Waals surface area contributed by atoms with Gasteiger partial charge in [-0.3, -0.25) is 0 Å². The highest BCUT2D eigenvalue weighted by Crippen LogP contribution is 2.25. The predicted octanol–water partition coefficient (Wildman–Crippen LogP) is 3.79. The van der Waals surface area contributed by atoms with Crippen molar-refractivity contribution in [2.75, 3.05) is 47.6 Å². The average molecular weight is 368 g/mol. The minimum absolute atomic E-state index is 0.306. The molecule has 0 bridgehead atoms. The van der Waals surface area contributed by atoms with Crippen molar-refractivity contribution in [1.29, 1.82) is 0 Å². The highest BCUT2D eigenvalue weighted by molar-refractivity contribution is 6.01. The Bertz CT molecular complexity index is 814. The number of carbonyl (C=O) groups excluding carboxylic acids is 1. The quantitative estimate of drug-likeness (QED) is 0.859. The third-order valence-corrected chi connectivity index (χ3v) is 4.70. The van der Waals surface area contributed by atoms with Crippen molar-refractivity contribution >= 4 is 29.2 Å². The number of nitrogens with one attached hydrogen (secondary N) is 2. The fourth-order valence-electron chi connectivity index (χ4n) is 3.27. The Labute approximate surface area is 160 Å². The molecule has 0 saturated carbocycles. The van der Waals surface area contributed by atoms with Gasteiger partial charge in [-0.15, -0.1) is 0 Å². The number of nitrogens with zero attached hydrogens (tertiary/aromatic N) is 4. The van der Waals surface area contributed by atoms with E-state index >= 15 is 0 Å². The van der Waals surface area contributed by atoms with Crippen molar-refractivity contribution in [3.05, 3.63) is 35.5 Å². The van der Waals surface area contributed by atoms with Crippen molar-refractivity contribution < 1.29 is 4.79 Å². The normalized spacial score (nSPS) is 14.0. The molecule has 3 rings (SSSR count). The molecule has 1 aromatic carbocycles. The number of carbonyl (C=O) groups is 1. The van der Waals surface area contributed by atoms with Crippen LogP contribution in [-0.2, 0) is 0 Å². The van der Waals surface area contributed by atoms with Gasteiger partial charge in [0.15, 0.2) is 5.82 Å². The number of piperidine rings is 1. The SMILES string of the molecule is Cc1ccc(NC(=O)Nc2cnc(N3CCCCC3)nc2N(C)C)c(C)c1. The van der Waals surface area contributed by atoms with Crippen LogP contribution in [-0.4, -0.2) is 43.2 Å². The minimum atomic E-state index is -0.306. The molecule has 1 aliphatic heterocycles. The van der Waals surface area contributed by atoms with Crippen LogP contribution in [0.2, 0.25) is 0 Å². The zero-order chi connectivity index (χ0) is 19.4. The Kier molecular flexibility index (Phi) is 5.78. The van der Waals surface area contributed by atoms with Crippen molar-refractivity contribution in [2.24, 2.45) is 0 Å². The molecule has 1 aliphatic rings. The van der Waals surface area contributed by atoms with Crippen molar-refractivity contribution in [2.45, 2.75) is 33.1 Å². The molecular formula is C20H28N6O. The number of benzene rings is 1. The Hall–Kier alpha value is -2.83. The zero-order valence-corrected chi connectivity index (χ0v) is 16.5. The molecule has 1 saturated heterocycles. The van der Waals surface area contributed by atoms with Gasteiger partial charge < -0.3 is 20.4 Å². The van der Waals surface area contributed by atoms with Crippen LogP contribution in [0.4, 0.5) is 27.9 Å². The van der Waals surface area contributed by atoms with E-state index in [1.165, 1.54) is 19.3 Å². The lowest BCUT2D eigenvalue weighted by molar-refractivity contribution is 0.262. The molecule has 2 amide bonds. The summed E-state index contributed by atoms with van der Waals surface area (Å²) in [6.45, 7) is 5.96. The van der Waals surface area contributed by atoms with Gasteiger partial charge in [0.25, 0.3) is 0 Å². The highest BCUT2D eigenvalue weighted by Gasteiger charge is 2.18. The van der Waals surface area contributed by atoms with Crippen LogP contribution in [0.3, 0.4) is 0 Å². The summed E-state index contributed by atoms with van der Waals surface area (Å²) < 4.78 is 0. The van der Waals surface area contributed by atoms with Gasteiger partial charge in [-0.2, -0.15) is 4.98 Å². The number of hydrogen-bond acceptors (Lipinski definition) is 5. The molecule has 0 aliphatic carbocycles. The summed E-state index contributed by atoms with van der Waals surface area (Å²) in [6.07, 6.45) is 5.28.